The zero-order valence-electron chi connectivity index (χ0n) is 13.8. The Hall–Kier alpha value is -0.790. The molecule has 0 rings (SSSR count). The summed E-state index contributed by atoms with van der Waals surface area (Å²) in [5.74, 6) is 0.744. The lowest BCUT2D eigenvalue weighted by Crippen LogP contribution is -1.99. The third kappa shape index (κ3) is 15.3. The summed E-state index contributed by atoms with van der Waals surface area (Å²) in [5, 5.41) is 0. The summed E-state index contributed by atoms with van der Waals surface area (Å²) in [6.45, 7) is 4.55. The summed E-state index contributed by atoms with van der Waals surface area (Å²) in [4.78, 5) is 10.9. The fraction of sp³-hybridized carbons (Fsp3) is 0.833. The van der Waals surface area contributed by atoms with E-state index in [4.69, 9.17) is 0 Å². The van der Waals surface area contributed by atoms with Gasteiger partial charge in [0.05, 0.1) is 7.11 Å². The first-order valence-corrected chi connectivity index (χ1v) is 8.38. The number of carbonyl (C=O) groups is 1. The van der Waals surface area contributed by atoms with Crippen molar-refractivity contribution >= 4 is 5.97 Å². The Morgan fingerprint density at radius 1 is 0.900 bits per heavy atom. The average Bonchev–Trinajstić information content (AvgIpc) is 2.43. The lowest BCUT2D eigenvalue weighted by molar-refractivity contribution is -0.140. The zero-order chi connectivity index (χ0) is 15.1. The van der Waals surface area contributed by atoms with Crippen LogP contribution < -0.4 is 0 Å². The molecule has 0 aliphatic heterocycles. The standard InChI is InChI=1S/C18H34O2/c1-17(2)15-13-11-9-7-5-4-6-8-10-12-14-16-18(19)20-3/h9,11,17H,4-8,10,12-16H2,1-3H3/b11-9+. The number of carbonyl (C=O) groups excluding carboxylic acids is 1. The van der Waals surface area contributed by atoms with Gasteiger partial charge in [-0.2, -0.15) is 0 Å². The Kier molecular flexibility index (Phi) is 14.0. The SMILES string of the molecule is COC(=O)CCCCCCCCC/C=C/CCC(C)C. The Balaban J connectivity index is 3.11. The van der Waals surface area contributed by atoms with Crippen molar-refractivity contribution in [2.45, 2.75) is 84.5 Å². The van der Waals surface area contributed by atoms with Crippen molar-refractivity contribution in [3.63, 3.8) is 0 Å². The minimum absolute atomic E-state index is 0.0748. The molecule has 0 radical (unpaired) electrons. The van der Waals surface area contributed by atoms with Crippen molar-refractivity contribution in [3.8, 4) is 0 Å². The second-order valence-corrected chi connectivity index (χ2v) is 6.03. The zero-order valence-corrected chi connectivity index (χ0v) is 13.8. The smallest absolute Gasteiger partial charge is 0.305 e. The number of methoxy groups -OCH3 is 1. The average molecular weight is 282 g/mol. The molecule has 0 saturated heterocycles. The molecule has 0 unspecified atom stereocenters. The molecule has 0 aliphatic carbocycles. The van der Waals surface area contributed by atoms with Gasteiger partial charge in [0.15, 0.2) is 0 Å². The quantitative estimate of drug-likeness (QED) is 0.247. The second-order valence-electron chi connectivity index (χ2n) is 6.03. The molecule has 118 valence electrons. The van der Waals surface area contributed by atoms with Crippen LogP contribution in [-0.2, 0) is 9.53 Å². The first kappa shape index (κ1) is 19.2. The fourth-order valence-corrected chi connectivity index (χ4v) is 2.18. The number of unbranched alkanes of at least 4 members (excludes halogenated alkanes) is 7. The molecule has 0 aromatic rings. The van der Waals surface area contributed by atoms with Crippen molar-refractivity contribution in [2.24, 2.45) is 5.92 Å². The normalized spacial score (nSPS) is 11.4. The number of hydrogen-bond acceptors (Lipinski definition) is 2. The topological polar surface area (TPSA) is 26.3 Å². The Morgan fingerprint density at radius 2 is 1.45 bits per heavy atom. The second kappa shape index (κ2) is 14.6. The van der Waals surface area contributed by atoms with Crippen molar-refractivity contribution < 1.29 is 9.53 Å². The first-order valence-electron chi connectivity index (χ1n) is 8.38. The van der Waals surface area contributed by atoms with Crippen LogP contribution in [0, 0.1) is 5.92 Å². The van der Waals surface area contributed by atoms with Crippen LogP contribution in [0.4, 0.5) is 0 Å². The maximum absolute atomic E-state index is 10.9. The van der Waals surface area contributed by atoms with E-state index in [1.807, 2.05) is 0 Å². The van der Waals surface area contributed by atoms with Gasteiger partial charge in [-0.05, 0) is 38.0 Å². The van der Waals surface area contributed by atoms with Crippen LogP contribution in [-0.4, -0.2) is 13.1 Å². The molecule has 0 atom stereocenters. The molecule has 20 heavy (non-hydrogen) atoms. The van der Waals surface area contributed by atoms with Crippen LogP contribution in [0.2, 0.25) is 0 Å². The van der Waals surface area contributed by atoms with Crippen LogP contribution in [0.25, 0.3) is 0 Å². The van der Waals surface area contributed by atoms with Crippen LogP contribution >= 0.6 is 0 Å². The van der Waals surface area contributed by atoms with Gasteiger partial charge in [-0.25, -0.2) is 0 Å². The molecule has 0 saturated carbocycles. The molecule has 0 aromatic carbocycles. The lowest BCUT2D eigenvalue weighted by atomic mass is 10.1. The summed E-state index contributed by atoms with van der Waals surface area (Å²) < 4.78 is 4.62. The van der Waals surface area contributed by atoms with Gasteiger partial charge in [0.2, 0.25) is 0 Å². The van der Waals surface area contributed by atoms with E-state index >= 15 is 0 Å². The summed E-state index contributed by atoms with van der Waals surface area (Å²) in [6.07, 6.45) is 17.7. The maximum Gasteiger partial charge on any atom is 0.305 e. The highest BCUT2D eigenvalue weighted by Gasteiger charge is 1.98. The van der Waals surface area contributed by atoms with Gasteiger partial charge in [0.25, 0.3) is 0 Å². The molecular formula is C18H34O2. The Morgan fingerprint density at radius 3 is 2.05 bits per heavy atom. The molecule has 0 N–H and O–H groups in total. The highest BCUT2D eigenvalue weighted by atomic mass is 16.5. The van der Waals surface area contributed by atoms with E-state index in [0.29, 0.717) is 6.42 Å². The predicted molar refractivity (Wildman–Crippen MR) is 86.8 cm³/mol. The van der Waals surface area contributed by atoms with E-state index in [1.165, 1.54) is 58.5 Å². The van der Waals surface area contributed by atoms with Crippen LogP contribution in [0.15, 0.2) is 12.2 Å². The van der Waals surface area contributed by atoms with Crippen LogP contribution in [0.5, 0.6) is 0 Å². The highest BCUT2D eigenvalue weighted by molar-refractivity contribution is 5.68. The monoisotopic (exact) mass is 282 g/mol. The van der Waals surface area contributed by atoms with E-state index in [9.17, 15) is 4.79 Å². The molecule has 0 fully saturated rings. The minimum atomic E-state index is -0.0748. The molecule has 0 spiro atoms. The third-order valence-corrected chi connectivity index (χ3v) is 3.56. The van der Waals surface area contributed by atoms with E-state index in [2.05, 4.69) is 30.7 Å². The third-order valence-electron chi connectivity index (χ3n) is 3.56. The number of esters is 1. The van der Waals surface area contributed by atoms with Gasteiger partial charge in [0, 0.05) is 6.42 Å². The predicted octanol–water partition coefficient (Wildman–Crippen LogP) is 5.66. The highest BCUT2D eigenvalue weighted by Crippen LogP contribution is 2.11. The molecule has 0 aromatic heterocycles. The minimum Gasteiger partial charge on any atom is -0.469 e. The summed E-state index contributed by atoms with van der Waals surface area (Å²) in [7, 11) is 1.46. The molecule has 0 amide bonds. The van der Waals surface area contributed by atoms with Gasteiger partial charge >= 0.3 is 5.97 Å². The van der Waals surface area contributed by atoms with E-state index in [1.54, 1.807) is 0 Å². The van der Waals surface area contributed by atoms with Crippen LogP contribution in [0.3, 0.4) is 0 Å². The number of allylic oxidation sites excluding steroid dienone is 2. The van der Waals surface area contributed by atoms with Crippen molar-refractivity contribution in [2.75, 3.05) is 7.11 Å². The number of hydrogen-bond donors (Lipinski definition) is 0. The molecule has 0 aliphatic rings. The lowest BCUT2D eigenvalue weighted by Gasteiger charge is -2.01. The molecule has 0 bridgehead atoms. The van der Waals surface area contributed by atoms with Gasteiger partial charge in [-0.15, -0.1) is 0 Å². The molecule has 2 nitrogen and oxygen atoms in total. The first-order chi connectivity index (χ1) is 9.66. The Labute approximate surface area is 126 Å². The van der Waals surface area contributed by atoms with E-state index < -0.39 is 0 Å². The van der Waals surface area contributed by atoms with Crippen LogP contribution in [0.1, 0.15) is 84.5 Å². The van der Waals surface area contributed by atoms with Gasteiger partial charge in [-0.1, -0.05) is 58.1 Å². The van der Waals surface area contributed by atoms with Gasteiger partial charge in [0.1, 0.15) is 0 Å². The summed E-state index contributed by atoms with van der Waals surface area (Å²) >= 11 is 0. The fourth-order valence-electron chi connectivity index (χ4n) is 2.18. The van der Waals surface area contributed by atoms with Gasteiger partial charge in [-0.3, -0.25) is 4.79 Å². The summed E-state index contributed by atoms with van der Waals surface area (Å²) in [5.41, 5.74) is 0. The molecular weight excluding hydrogens is 248 g/mol. The number of ether oxygens (including phenoxy) is 1. The van der Waals surface area contributed by atoms with Crippen molar-refractivity contribution in [3.05, 3.63) is 12.2 Å². The molecule has 0 heterocycles. The number of rotatable bonds is 13. The van der Waals surface area contributed by atoms with Gasteiger partial charge < -0.3 is 4.74 Å². The van der Waals surface area contributed by atoms with Crippen molar-refractivity contribution in [1.29, 1.82) is 0 Å². The van der Waals surface area contributed by atoms with E-state index in [0.717, 1.165) is 18.8 Å². The Bertz CT molecular complexity index is 244. The van der Waals surface area contributed by atoms with E-state index in [-0.39, 0.29) is 5.97 Å². The molecule has 2 heteroatoms. The van der Waals surface area contributed by atoms with Crippen molar-refractivity contribution in [1.82, 2.24) is 0 Å². The summed E-state index contributed by atoms with van der Waals surface area (Å²) in [6, 6.07) is 0. The largest absolute Gasteiger partial charge is 0.469 e. The maximum atomic E-state index is 10.9.